The molecule has 20 heavy (non-hydrogen) atoms. The van der Waals surface area contributed by atoms with Gasteiger partial charge in [0, 0.05) is 50.7 Å². The average molecular weight is 268 g/mol. The van der Waals surface area contributed by atoms with E-state index in [4.69, 9.17) is 0 Å². The molecule has 0 radical (unpaired) electrons. The van der Waals surface area contributed by atoms with Gasteiger partial charge in [0.05, 0.1) is 11.7 Å². The molecule has 1 N–H and O–H groups in total. The summed E-state index contributed by atoms with van der Waals surface area (Å²) in [6, 6.07) is 12.6. The fourth-order valence-corrected chi connectivity index (χ4v) is 2.70. The van der Waals surface area contributed by atoms with E-state index >= 15 is 0 Å². The predicted molar refractivity (Wildman–Crippen MR) is 79.4 cm³/mol. The van der Waals surface area contributed by atoms with Crippen LogP contribution in [0.25, 0.3) is 0 Å². The maximum absolute atomic E-state index is 4.56. The van der Waals surface area contributed by atoms with E-state index in [1.807, 2.05) is 24.5 Å². The van der Waals surface area contributed by atoms with Crippen molar-refractivity contribution in [1.82, 2.24) is 20.2 Å². The Balaban J connectivity index is 1.83. The van der Waals surface area contributed by atoms with E-state index < -0.39 is 0 Å². The smallest absolute Gasteiger partial charge is 0.0579 e. The molecule has 1 aliphatic rings. The van der Waals surface area contributed by atoms with Crippen LogP contribution in [0.2, 0.25) is 0 Å². The summed E-state index contributed by atoms with van der Waals surface area (Å²) in [6.07, 6.45) is 4.66. The molecule has 1 fully saturated rings. The maximum atomic E-state index is 4.56. The summed E-state index contributed by atoms with van der Waals surface area (Å²) >= 11 is 0. The molecule has 3 heterocycles. The lowest BCUT2D eigenvalue weighted by Crippen LogP contribution is -2.45. The first-order chi connectivity index (χ1) is 9.93. The number of rotatable bonds is 4. The van der Waals surface area contributed by atoms with Gasteiger partial charge in [-0.3, -0.25) is 14.9 Å². The largest absolute Gasteiger partial charge is 0.314 e. The van der Waals surface area contributed by atoms with Crippen molar-refractivity contribution in [3.8, 4) is 0 Å². The second kappa shape index (κ2) is 6.59. The number of hydrogen-bond donors (Lipinski definition) is 1. The van der Waals surface area contributed by atoms with Crippen LogP contribution >= 0.6 is 0 Å². The van der Waals surface area contributed by atoms with E-state index in [0.717, 1.165) is 44.0 Å². The zero-order valence-corrected chi connectivity index (χ0v) is 11.6. The van der Waals surface area contributed by atoms with Gasteiger partial charge < -0.3 is 5.32 Å². The quantitative estimate of drug-likeness (QED) is 0.916. The van der Waals surface area contributed by atoms with Crippen LogP contribution in [0.3, 0.4) is 0 Å². The van der Waals surface area contributed by atoms with Crippen LogP contribution in [0.4, 0.5) is 0 Å². The van der Waals surface area contributed by atoms with Gasteiger partial charge in [-0.2, -0.15) is 0 Å². The van der Waals surface area contributed by atoms with Crippen LogP contribution in [-0.2, 0) is 6.42 Å². The Morgan fingerprint density at radius 1 is 1.00 bits per heavy atom. The number of hydrogen-bond acceptors (Lipinski definition) is 4. The summed E-state index contributed by atoms with van der Waals surface area (Å²) in [4.78, 5) is 11.5. The normalized spacial score (nSPS) is 17.8. The van der Waals surface area contributed by atoms with E-state index in [1.165, 1.54) is 0 Å². The van der Waals surface area contributed by atoms with Crippen LogP contribution in [0, 0.1) is 0 Å². The molecule has 0 spiro atoms. The highest BCUT2D eigenvalue weighted by atomic mass is 15.2. The Labute approximate surface area is 119 Å². The molecule has 1 saturated heterocycles. The van der Waals surface area contributed by atoms with Gasteiger partial charge in [0.2, 0.25) is 0 Å². The van der Waals surface area contributed by atoms with Gasteiger partial charge in [0.25, 0.3) is 0 Å². The number of piperazine rings is 1. The van der Waals surface area contributed by atoms with Crippen molar-refractivity contribution in [1.29, 1.82) is 0 Å². The molecular weight excluding hydrogens is 248 g/mol. The lowest BCUT2D eigenvalue weighted by molar-refractivity contribution is 0.168. The topological polar surface area (TPSA) is 41.1 Å². The van der Waals surface area contributed by atoms with E-state index in [9.17, 15) is 0 Å². The van der Waals surface area contributed by atoms with Crippen LogP contribution in [0.1, 0.15) is 17.4 Å². The third-order valence-corrected chi connectivity index (χ3v) is 3.75. The molecule has 2 aromatic heterocycles. The van der Waals surface area contributed by atoms with Crippen LogP contribution in [-0.4, -0.2) is 41.0 Å². The summed E-state index contributed by atoms with van der Waals surface area (Å²) < 4.78 is 0. The number of nitrogens with zero attached hydrogens (tertiary/aromatic N) is 3. The Bertz CT molecular complexity index is 509. The van der Waals surface area contributed by atoms with E-state index in [-0.39, 0.29) is 0 Å². The second-order valence-electron chi connectivity index (χ2n) is 5.08. The minimum Gasteiger partial charge on any atom is -0.314 e. The minimum absolute atomic E-state index is 0.313. The highest BCUT2D eigenvalue weighted by molar-refractivity contribution is 5.14. The third kappa shape index (κ3) is 3.21. The monoisotopic (exact) mass is 268 g/mol. The van der Waals surface area contributed by atoms with Gasteiger partial charge in [0.1, 0.15) is 0 Å². The number of nitrogens with one attached hydrogen (secondary N) is 1. The van der Waals surface area contributed by atoms with E-state index in [1.54, 1.807) is 0 Å². The molecule has 0 aromatic carbocycles. The molecular formula is C16H20N4. The Morgan fingerprint density at radius 3 is 2.40 bits per heavy atom. The van der Waals surface area contributed by atoms with Gasteiger partial charge in [0.15, 0.2) is 0 Å². The second-order valence-corrected chi connectivity index (χ2v) is 5.08. The molecule has 3 rings (SSSR count). The van der Waals surface area contributed by atoms with Crippen LogP contribution in [0.15, 0.2) is 48.8 Å². The number of aromatic nitrogens is 2. The van der Waals surface area contributed by atoms with Gasteiger partial charge >= 0.3 is 0 Å². The van der Waals surface area contributed by atoms with Crippen molar-refractivity contribution in [3.63, 3.8) is 0 Å². The van der Waals surface area contributed by atoms with Crippen LogP contribution < -0.4 is 5.32 Å². The predicted octanol–water partition coefficient (Wildman–Crippen LogP) is 1.67. The third-order valence-electron chi connectivity index (χ3n) is 3.75. The fraction of sp³-hybridized carbons (Fsp3) is 0.375. The summed E-state index contributed by atoms with van der Waals surface area (Å²) in [5.74, 6) is 0. The van der Waals surface area contributed by atoms with E-state index in [0.29, 0.717) is 6.04 Å². The Hall–Kier alpha value is -1.78. The molecule has 0 saturated carbocycles. The van der Waals surface area contributed by atoms with Crippen molar-refractivity contribution < 1.29 is 0 Å². The molecule has 0 bridgehead atoms. The van der Waals surface area contributed by atoms with Crippen LogP contribution in [0.5, 0.6) is 0 Å². The lowest BCUT2D eigenvalue weighted by Gasteiger charge is -2.34. The van der Waals surface area contributed by atoms with Crippen molar-refractivity contribution in [3.05, 3.63) is 60.2 Å². The van der Waals surface area contributed by atoms with Gasteiger partial charge in [-0.1, -0.05) is 12.1 Å². The van der Waals surface area contributed by atoms with Crippen molar-refractivity contribution >= 4 is 0 Å². The molecule has 1 atom stereocenters. The summed E-state index contributed by atoms with van der Waals surface area (Å²) in [6.45, 7) is 4.22. The molecule has 0 amide bonds. The highest BCUT2D eigenvalue weighted by Gasteiger charge is 2.23. The Morgan fingerprint density at radius 2 is 1.75 bits per heavy atom. The first kappa shape index (κ1) is 13.2. The average Bonchev–Trinajstić information content (AvgIpc) is 2.55. The lowest BCUT2D eigenvalue weighted by atomic mass is 10.0. The summed E-state index contributed by atoms with van der Waals surface area (Å²) in [5, 5.41) is 3.41. The summed E-state index contributed by atoms with van der Waals surface area (Å²) in [5.41, 5.74) is 2.27. The van der Waals surface area contributed by atoms with E-state index in [2.05, 4.69) is 44.5 Å². The van der Waals surface area contributed by atoms with Crippen molar-refractivity contribution in [2.45, 2.75) is 12.5 Å². The van der Waals surface area contributed by atoms with Crippen molar-refractivity contribution in [2.75, 3.05) is 26.2 Å². The highest BCUT2D eigenvalue weighted by Crippen LogP contribution is 2.23. The molecule has 1 unspecified atom stereocenters. The van der Waals surface area contributed by atoms with Gasteiger partial charge in [-0.15, -0.1) is 0 Å². The van der Waals surface area contributed by atoms with Gasteiger partial charge in [-0.05, 0) is 24.3 Å². The molecule has 0 aliphatic carbocycles. The zero-order chi connectivity index (χ0) is 13.6. The molecule has 4 nitrogen and oxygen atoms in total. The fourth-order valence-electron chi connectivity index (χ4n) is 2.70. The first-order valence-corrected chi connectivity index (χ1v) is 7.19. The zero-order valence-electron chi connectivity index (χ0n) is 11.6. The van der Waals surface area contributed by atoms with Gasteiger partial charge in [-0.25, -0.2) is 0 Å². The number of pyridine rings is 2. The SMILES string of the molecule is c1ccc(CC(c2ccccn2)N2CCNCC2)nc1. The molecule has 2 aromatic rings. The minimum atomic E-state index is 0.313. The Kier molecular flexibility index (Phi) is 4.35. The maximum Gasteiger partial charge on any atom is 0.0579 e. The first-order valence-electron chi connectivity index (χ1n) is 7.19. The standard InChI is InChI=1S/C16H20N4/c1-3-7-18-14(5-1)13-16(15-6-2-4-8-19-15)20-11-9-17-10-12-20/h1-8,16-17H,9-13H2. The molecule has 104 valence electrons. The molecule has 1 aliphatic heterocycles. The molecule has 4 heteroatoms. The summed E-state index contributed by atoms with van der Waals surface area (Å²) in [7, 11) is 0. The van der Waals surface area contributed by atoms with Crippen molar-refractivity contribution in [2.24, 2.45) is 0 Å².